The number of hydrogen-bond acceptors (Lipinski definition) is 3. The largest absolute Gasteiger partial charge is 0.392 e. The number of benzene rings is 2. The van der Waals surface area contributed by atoms with Crippen molar-refractivity contribution < 1.29 is 14.7 Å². The van der Waals surface area contributed by atoms with Crippen LogP contribution >= 0.6 is 0 Å². The molecule has 1 aliphatic rings. The van der Waals surface area contributed by atoms with Crippen LogP contribution in [0, 0.1) is 0 Å². The van der Waals surface area contributed by atoms with Crippen molar-refractivity contribution in [1.29, 1.82) is 0 Å². The lowest BCUT2D eigenvalue weighted by Gasteiger charge is -2.15. The Morgan fingerprint density at radius 3 is 2.29 bits per heavy atom. The Morgan fingerprint density at radius 1 is 1.00 bits per heavy atom. The minimum atomic E-state index is -0.406. The third kappa shape index (κ3) is 2.45. The lowest BCUT2D eigenvalue weighted by atomic mass is 9.98. The van der Waals surface area contributed by atoms with E-state index >= 15 is 0 Å². The molecule has 1 fully saturated rings. The molecule has 0 aliphatic carbocycles. The number of aliphatic hydroxyl groups is 1. The van der Waals surface area contributed by atoms with Gasteiger partial charge in [-0.3, -0.25) is 14.5 Å². The average Bonchev–Trinajstić information content (AvgIpc) is 2.83. The monoisotopic (exact) mass is 281 g/mol. The van der Waals surface area contributed by atoms with E-state index in [4.69, 9.17) is 5.11 Å². The smallest absolute Gasteiger partial charge is 0.241 e. The normalized spacial score (nSPS) is 18.3. The number of aliphatic hydroxyl groups excluding tert-OH is 1. The number of carbonyl (C=O) groups is 2. The first-order chi connectivity index (χ1) is 10.2. The molecule has 0 saturated carbocycles. The molecule has 4 heteroatoms. The Bertz CT molecular complexity index is 664. The molecule has 0 aromatic heterocycles. The lowest BCUT2D eigenvalue weighted by molar-refractivity contribution is -0.121. The molecule has 106 valence electrons. The fourth-order valence-electron chi connectivity index (χ4n) is 2.60. The van der Waals surface area contributed by atoms with Gasteiger partial charge in [-0.1, -0.05) is 42.5 Å². The van der Waals surface area contributed by atoms with E-state index in [2.05, 4.69) is 0 Å². The van der Waals surface area contributed by atoms with E-state index in [-0.39, 0.29) is 24.8 Å². The van der Waals surface area contributed by atoms with Crippen molar-refractivity contribution in [2.24, 2.45) is 0 Å². The summed E-state index contributed by atoms with van der Waals surface area (Å²) in [5.41, 5.74) is 2.17. The fourth-order valence-corrected chi connectivity index (χ4v) is 2.60. The first-order valence-electron chi connectivity index (χ1n) is 6.82. The molecular formula is C17H15NO3. The highest BCUT2D eigenvalue weighted by Gasteiger charge is 2.40. The zero-order valence-corrected chi connectivity index (χ0v) is 11.4. The summed E-state index contributed by atoms with van der Waals surface area (Å²) >= 11 is 0. The van der Waals surface area contributed by atoms with Crippen LogP contribution in [0.3, 0.4) is 0 Å². The predicted octanol–water partition coefficient (Wildman–Crippen LogP) is 2.23. The van der Waals surface area contributed by atoms with Crippen LogP contribution in [-0.4, -0.2) is 16.9 Å². The highest BCUT2D eigenvalue weighted by Crippen LogP contribution is 2.33. The van der Waals surface area contributed by atoms with Gasteiger partial charge in [-0.2, -0.15) is 0 Å². The molecule has 0 radical (unpaired) electrons. The zero-order valence-electron chi connectivity index (χ0n) is 11.4. The molecular weight excluding hydrogens is 266 g/mol. The van der Waals surface area contributed by atoms with E-state index in [0.717, 1.165) is 11.1 Å². The van der Waals surface area contributed by atoms with Crippen LogP contribution in [0.5, 0.6) is 0 Å². The van der Waals surface area contributed by atoms with E-state index in [0.29, 0.717) is 5.69 Å². The van der Waals surface area contributed by atoms with Gasteiger partial charge in [-0.05, 0) is 23.3 Å². The highest BCUT2D eigenvalue weighted by molar-refractivity contribution is 6.22. The van der Waals surface area contributed by atoms with Crippen molar-refractivity contribution in [3.05, 3.63) is 65.7 Å². The molecule has 1 heterocycles. The van der Waals surface area contributed by atoms with Crippen LogP contribution in [0.4, 0.5) is 5.69 Å². The molecule has 4 nitrogen and oxygen atoms in total. The molecule has 3 rings (SSSR count). The summed E-state index contributed by atoms with van der Waals surface area (Å²) in [7, 11) is 0. The molecule has 2 aromatic rings. The number of amides is 2. The Hall–Kier alpha value is -2.46. The van der Waals surface area contributed by atoms with Crippen LogP contribution in [0.25, 0.3) is 0 Å². The zero-order chi connectivity index (χ0) is 14.8. The SMILES string of the molecule is O=C1CC(c2ccccc2)C(=O)N1c1ccc(CO)cc1. The van der Waals surface area contributed by atoms with Gasteiger partial charge in [-0.25, -0.2) is 0 Å². The highest BCUT2D eigenvalue weighted by atomic mass is 16.3. The molecule has 0 spiro atoms. The van der Waals surface area contributed by atoms with Crippen molar-refractivity contribution in [3.63, 3.8) is 0 Å². The summed E-state index contributed by atoms with van der Waals surface area (Å²) in [6.45, 7) is -0.0607. The minimum Gasteiger partial charge on any atom is -0.392 e. The van der Waals surface area contributed by atoms with Gasteiger partial charge in [0.1, 0.15) is 0 Å². The Labute approximate surface area is 122 Å². The van der Waals surface area contributed by atoms with E-state index in [1.54, 1.807) is 24.3 Å². The minimum absolute atomic E-state index is 0.0607. The van der Waals surface area contributed by atoms with Crippen LogP contribution < -0.4 is 4.90 Å². The summed E-state index contributed by atoms with van der Waals surface area (Å²) < 4.78 is 0. The van der Waals surface area contributed by atoms with E-state index < -0.39 is 5.92 Å². The molecule has 21 heavy (non-hydrogen) atoms. The van der Waals surface area contributed by atoms with Crippen LogP contribution in [0.15, 0.2) is 54.6 Å². The van der Waals surface area contributed by atoms with Gasteiger partial charge in [0.15, 0.2) is 0 Å². The summed E-state index contributed by atoms with van der Waals surface area (Å²) in [4.78, 5) is 25.9. The Morgan fingerprint density at radius 2 is 1.67 bits per heavy atom. The molecule has 1 aliphatic heterocycles. The maximum atomic E-state index is 12.5. The fraction of sp³-hybridized carbons (Fsp3) is 0.176. The lowest BCUT2D eigenvalue weighted by Crippen LogP contribution is -2.29. The number of imide groups is 1. The van der Waals surface area contributed by atoms with E-state index in [1.165, 1.54) is 4.90 Å². The van der Waals surface area contributed by atoms with Gasteiger partial charge >= 0.3 is 0 Å². The Balaban J connectivity index is 1.90. The molecule has 1 N–H and O–H groups in total. The van der Waals surface area contributed by atoms with Gasteiger partial charge in [0.05, 0.1) is 18.2 Å². The number of carbonyl (C=O) groups excluding carboxylic acids is 2. The maximum absolute atomic E-state index is 12.5. The number of rotatable bonds is 3. The standard InChI is InChI=1S/C17H15NO3/c19-11-12-6-8-14(9-7-12)18-16(20)10-15(17(18)21)13-4-2-1-3-5-13/h1-9,15,19H,10-11H2. The van der Waals surface area contributed by atoms with Gasteiger partial charge in [0.2, 0.25) is 11.8 Å². The number of hydrogen-bond donors (Lipinski definition) is 1. The van der Waals surface area contributed by atoms with Crippen molar-refractivity contribution in [2.75, 3.05) is 4.90 Å². The molecule has 1 unspecified atom stereocenters. The van der Waals surface area contributed by atoms with Crippen LogP contribution in [0.1, 0.15) is 23.5 Å². The van der Waals surface area contributed by atoms with E-state index in [1.807, 2.05) is 30.3 Å². The predicted molar refractivity (Wildman–Crippen MR) is 78.7 cm³/mol. The quantitative estimate of drug-likeness (QED) is 0.878. The molecule has 1 saturated heterocycles. The van der Waals surface area contributed by atoms with E-state index in [9.17, 15) is 9.59 Å². The third-order valence-electron chi connectivity index (χ3n) is 3.73. The second-order valence-electron chi connectivity index (χ2n) is 5.06. The molecule has 2 amide bonds. The molecule has 1 atom stereocenters. The van der Waals surface area contributed by atoms with Gasteiger partial charge in [0, 0.05) is 6.42 Å². The van der Waals surface area contributed by atoms with Gasteiger partial charge in [-0.15, -0.1) is 0 Å². The first-order valence-corrected chi connectivity index (χ1v) is 6.82. The van der Waals surface area contributed by atoms with Crippen molar-refractivity contribution in [1.82, 2.24) is 0 Å². The number of nitrogens with zero attached hydrogens (tertiary/aromatic N) is 1. The summed E-state index contributed by atoms with van der Waals surface area (Å²) in [5.74, 6) is -0.787. The van der Waals surface area contributed by atoms with Crippen LogP contribution in [0.2, 0.25) is 0 Å². The molecule has 2 aromatic carbocycles. The summed E-state index contributed by atoms with van der Waals surface area (Å²) in [6, 6.07) is 16.2. The summed E-state index contributed by atoms with van der Waals surface area (Å²) in [5, 5.41) is 9.04. The second-order valence-corrected chi connectivity index (χ2v) is 5.06. The second kappa shape index (κ2) is 5.50. The van der Waals surface area contributed by atoms with Crippen molar-refractivity contribution in [3.8, 4) is 0 Å². The topological polar surface area (TPSA) is 57.6 Å². The van der Waals surface area contributed by atoms with Crippen molar-refractivity contribution in [2.45, 2.75) is 18.9 Å². The van der Waals surface area contributed by atoms with Gasteiger partial charge < -0.3 is 5.11 Å². The first kappa shape index (κ1) is 13.5. The third-order valence-corrected chi connectivity index (χ3v) is 3.73. The maximum Gasteiger partial charge on any atom is 0.241 e. The van der Waals surface area contributed by atoms with Crippen molar-refractivity contribution >= 4 is 17.5 Å². The molecule has 0 bridgehead atoms. The Kier molecular flexibility index (Phi) is 3.54. The summed E-state index contributed by atoms with van der Waals surface area (Å²) in [6.07, 6.45) is 0.199. The average molecular weight is 281 g/mol. The van der Waals surface area contributed by atoms with Crippen LogP contribution in [-0.2, 0) is 16.2 Å². The van der Waals surface area contributed by atoms with Gasteiger partial charge in [0.25, 0.3) is 0 Å². The number of anilines is 1.